The first-order chi connectivity index (χ1) is 11.6. The minimum absolute atomic E-state index is 0.0922. The van der Waals surface area contributed by atoms with Gasteiger partial charge in [-0.15, -0.1) is 0 Å². The van der Waals surface area contributed by atoms with E-state index in [1.807, 2.05) is 4.90 Å². The van der Waals surface area contributed by atoms with Crippen molar-refractivity contribution >= 4 is 17.5 Å². The standard InChI is InChI=1S/C17H24N4O3/c18-15-4-2-1-3-14(15)17(23)19-13-11-16(22)21(12-13)6-5-20-7-9-24-10-8-20/h1-4,13H,5-12,18H2,(H,19,23). The van der Waals surface area contributed by atoms with Gasteiger partial charge in [0, 0.05) is 44.8 Å². The zero-order valence-corrected chi connectivity index (χ0v) is 13.7. The Labute approximate surface area is 141 Å². The van der Waals surface area contributed by atoms with Crippen molar-refractivity contribution in [1.29, 1.82) is 0 Å². The molecule has 0 bridgehead atoms. The number of nitrogens with zero attached hydrogens (tertiary/aromatic N) is 2. The normalized spacial score (nSPS) is 21.9. The Morgan fingerprint density at radius 1 is 1.25 bits per heavy atom. The number of hydrogen-bond donors (Lipinski definition) is 2. The Hall–Kier alpha value is -2.12. The van der Waals surface area contributed by atoms with Crippen molar-refractivity contribution in [3.8, 4) is 0 Å². The van der Waals surface area contributed by atoms with Crippen LogP contribution in [0.25, 0.3) is 0 Å². The Kier molecular flexibility index (Phi) is 5.32. The predicted molar refractivity (Wildman–Crippen MR) is 90.6 cm³/mol. The largest absolute Gasteiger partial charge is 0.398 e. The molecule has 3 rings (SSSR count). The molecule has 1 aromatic rings. The van der Waals surface area contributed by atoms with Gasteiger partial charge in [-0.2, -0.15) is 0 Å². The van der Waals surface area contributed by atoms with Crippen molar-refractivity contribution in [2.24, 2.45) is 0 Å². The van der Waals surface area contributed by atoms with Gasteiger partial charge >= 0.3 is 0 Å². The zero-order chi connectivity index (χ0) is 16.9. The molecule has 1 unspecified atom stereocenters. The van der Waals surface area contributed by atoms with E-state index in [1.165, 1.54) is 0 Å². The number of likely N-dealkylation sites (tertiary alicyclic amines) is 1. The lowest BCUT2D eigenvalue weighted by Gasteiger charge is -2.28. The van der Waals surface area contributed by atoms with Crippen molar-refractivity contribution in [1.82, 2.24) is 15.1 Å². The molecule has 0 saturated carbocycles. The van der Waals surface area contributed by atoms with Gasteiger partial charge in [-0.05, 0) is 12.1 Å². The fourth-order valence-corrected chi connectivity index (χ4v) is 3.14. The first-order valence-electron chi connectivity index (χ1n) is 8.37. The molecular weight excluding hydrogens is 308 g/mol. The summed E-state index contributed by atoms with van der Waals surface area (Å²) in [4.78, 5) is 28.6. The topological polar surface area (TPSA) is 87.9 Å². The number of nitrogen functional groups attached to an aromatic ring is 1. The van der Waals surface area contributed by atoms with Crippen molar-refractivity contribution < 1.29 is 14.3 Å². The molecule has 2 heterocycles. The first kappa shape index (κ1) is 16.7. The van der Waals surface area contributed by atoms with Crippen molar-refractivity contribution in [2.45, 2.75) is 12.5 Å². The van der Waals surface area contributed by atoms with Crippen LogP contribution >= 0.6 is 0 Å². The second-order valence-electron chi connectivity index (χ2n) is 6.26. The van der Waals surface area contributed by atoms with Crippen molar-refractivity contribution in [3.63, 3.8) is 0 Å². The lowest BCUT2D eigenvalue weighted by Crippen LogP contribution is -2.42. The highest BCUT2D eigenvalue weighted by Gasteiger charge is 2.31. The van der Waals surface area contributed by atoms with Crippen LogP contribution in [0.3, 0.4) is 0 Å². The molecule has 2 fully saturated rings. The number of nitrogens with two attached hydrogens (primary N) is 1. The number of rotatable bonds is 5. The number of anilines is 1. The molecule has 3 N–H and O–H groups in total. The third-order valence-electron chi connectivity index (χ3n) is 4.54. The molecule has 0 aromatic heterocycles. The highest BCUT2D eigenvalue weighted by atomic mass is 16.5. The van der Waals surface area contributed by atoms with Crippen LogP contribution in [0.15, 0.2) is 24.3 Å². The molecule has 24 heavy (non-hydrogen) atoms. The van der Waals surface area contributed by atoms with Gasteiger partial charge in [0.1, 0.15) is 0 Å². The number of nitrogens with one attached hydrogen (secondary N) is 1. The monoisotopic (exact) mass is 332 g/mol. The van der Waals surface area contributed by atoms with E-state index in [2.05, 4.69) is 10.2 Å². The molecule has 2 aliphatic rings. The van der Waals surface area contributed by atoms with Crippen LogP contribution < -0.4 is 11.1 Å². The van der Waals surface area contributed by atoms with E-state index in [0.29, 0.717) is 30.8 Å². The SMILES string of the molecule is Nc1ccccc1C(=O)NC1CC(=O)N(CCN2CCOCC2)C1. The molecule has 2 saturated heterocycles. The number of benzene rings is 1. The van der Waals surface area contributed by atoms with Crippen LogP contribution in [0.2, 0.25) is 0 Å². The third-order valence-corrected chi connectivity index (χ3v) is 4.54. The van der Waals surface area contributed by atoms with Crippen LogP contribution in [0.5, 0.6) is 0 Å². The molecule has 130 valence electrons. The second kappa shape index (κ2) is 7.63. The first-order valence-corrected chi connectivity index (χ1v) is 8.37. The van der Waals surface area contributed by atoms with E-state index < -0.39 is 0 Å². The van der Waals surface area contributed by atoms with E-state index >= 15 is 0 Å². The Morgan fingerprint density at radius 2 is 2.00 bits per heavy atom. The summed E-state index contributed by atoms with van der Waals surface area (Å²) < 4.78 is 5.33. The van der Waals surface area contributed by atoms with E-state index in [-0.39, 0.29) is 17.9 Å². The summed E-state index contributed by atoms with van der Waals surface area (Å²) in [5.74, 6) is -0.129. The van der Waals surface area contributed by atoms with Crippen LogP contribution in [0.1, 0.15) is 16.8 Å². The quantitative estimate of drug-likeness (QED) is 0.737. The molecule has 0 aliphatic carbocycles. The van der Waals surface area contributed by atoms with Crippen molar-refractivity contribution in [2.75, 3.05) is 51.7 Å². The van der Waals surface area contributed by atoms with Crippen LogP contribution in [0.4, 0.5) is 5.69 Å². The van der Waals surface area contributed by atoms with Gasteiger partial charge < -0.3 is 20.7 Å². The molecule has 7 nitrogen and oxygen atoms in total. The molecule has 2 aliphatic heterocycles. The van der Waals surface area contributed by atoms with E-state index in [9.17, 15) is 9.59 Å². The zero-order valence-electron chi connectivity index (χ0n) is 13.7. The maximum Gasteiger partial charge on any atom is 0.253 e. The highest BCUT2D eigenvalue weighted by Crippen LogP contribution is 2.14. The fourth-order valence-electron chi connectivity index (χ4n) is 3.14. The van der Waals surface area contributed by atoms with E-state index in [4.69, 9.17) is 10.5 Å². The molecule has 0 radical (unpaired) electrons. The minimum Gasteiger partial charge on any atom is -0.398 e. The summed E-state index contributed by atoms with van der Waals surface area (Å²) in [5.41, 5.74) is 6.73. The van der Waals surface area contributed by atoms with Crippen molar-refractivity contribution in [3.05, 3.63) is 29.8 Å². The van der Waals surface area contributed by atoms with Crippen LogP contribution in [-0.2, 0) is 9.53 Å². The molecular formula is C17H24N4O3. The average Bonchev–Trinajstić information content (AvgIpc) is 2.93. The molecule has 1 aromatic carbocycles. The third kappa shape index (κ3) is 4.04. The van der Waals surface area contributed by atoms with E-state index in [0.717, 1.165) is 32.8 Å². The van der Waals surface area contributed by atoms with E-state index in [1.54, 1.807) is 24.3 Å². The van der Waals surface area contributed by atoms with Gasteiger partial charge in [-0.25, -0.2) is 0 Å². The van der Waals surface area contributed by atoms with Gasteiger partial charge in [-0.3, -0.25) is 14.5 Å². The Balaban J connectivity index is 1.49. The summed E-state index contributed by atoms with van der Waals surface area (Å²) in [6.45, 7) is 5.43. The fraction of sp³-hybridized carbons (Fsp3) is 0.529. The number of amides is 2. The average molecular weight is 332 g/mol. The number of carbonyl (C=O) groups is 2. The lowest BCUT2D eigenvalue weighted by molar-refractivity contribution is -0.128. The van der Waals surface area contributed by atoms with Gasteiger partial charge in [0.2, 0.25) is 5.91 Å². The summed E-state index contributed by atoms with van der Waals surface area (Å²) >= 11 is 0. The molecule has 0 spiro atoms. The summed E-state index contributed by atoms with van der Waals surface area (Å²) in [7, 11) is 0. The smallest absolute Gasteiger partial charge is 0.253 e. The Morgan fingerprint density at radius 3 is 2.75 bits per heavy atom. The second-order valence-corrected chi connectivity index (χ2v) is 6.26. The Bertz CT molecular complexity index is 601. The number of carbonyl (C=O) groups excluding carboxylic acids is 2. The summed E-state index contributed by atoms with van der Waals surface area (Å²) in [6, 6.07) is 6.80. The molecule has 2 amide bonds. The highest BCUT2D eigenvalue weighted by molar-refractivity contribution is 5.99. The summed E-state index contributed by atoms with van der Waals surface area (Å²) in [5, 5.41) is 2.92. The number of hydrogen-bond acceptors (Lipinski definition) is 5. The number of ether oxygens (including phenoxy) is 1. The maximum atomic E-state index is 12.3. The van der Waals surface area contributed by atoms with Gasteiger partial charge in [0.15, 0.2) is 0 Å². The van der Waals surface area contributed by atoms with Gasteiger partial charge in [-0.1, -0.05) is 12.1 Å². The molecule has 1 atom stereocenters. The predicted octanol–water partition coefficient (Wildman–Crippen LogP) is -0.0683. The van der Waals surface area contributed by atoms with Crippen LogP contribution in [-0.4, -0.2) is 73.6 Å². The van der Waals surface area contributed by atoms with Gasteiger partial charge in [0.25, 0.3) is 5.91 Å². The molecule has 7 heteroatoms. The number of morpholine rings is 1. The van der Waals surface area contributed by atoms with Gasteiger partial charge in [0.05, 0.1) is 24.8 Å². The summed E-state index contributed by atoms with van der Waals surface area (Å²) in [6.07, 6.45) is 0.349. The minimum atomic E-state index is -0.221. The maximum absolute atomic E-state index is 12.3. The lowest BCUT2D eigenvalue weighted by atomic mass is 10.1. The van der Waals surface area contributed by atoms with Crippen LogP contribution in [0, 0.1) is 0 Å². The number of para-hydroxylation sites is 1.